The van der Waals surface area contributed by atoms with E-state index in [4.69, 9.17) is 9.72 Å². The lowest BCUT2D eigenvalue weighted by atomic mass is 10.2. The van der Waals surface area contributed by atoms with E-state index >= 15 is 0 Å². The monoisotopic (exact) mass is 367 g/mol. The number of hydrogen-bond acceptors (Lipinski definition) is 7. The van der Waals surface area contributed by atoms with Crippen LogP contribution in [0.2, 0.25) is 0 Å². The summed E-state index contributed by atoms with van der Waals surface area (Å²) < 4.78 is 5.42. The number of rotatable bonds is 8. The van der Waals surface area contributed by atoms with Crippen molar-refractivity contribution in [3.63, 3.8) is 0 Å². The molecule has 0 atom stereocenters. The van der Waals surface area contributed by atoms with Crippen LogP contribution in [0.25, 0.3) is 11.2 Å². The molecule has 2 aromatic heterocycles. The second-order valence-electron chi connectivity index (χ2n) is 6.52. The van der Waals surface area contributed by atoms with Crippen molar-refractivity contribution in [2.75, 3.05) is 49.6 Å². The summed E-state index contributed by atoms with van der Waals surface area (Å²) in [5.74, 6) is 1.52. The second-order valence-corrected chi connectivity index (χ2v) is 6.52. The van der Waals surface area contributed by atoms with Crippen LogP contribution in [0.1, 0.15) is 12.0 Å². The molecular weight excluding hydrogens is 342 g/mol. The Balaban J connectivity index is 1.32. The highest BCUT2D eigenvalue weighted by Gasteiger charge is 2.17. The quantitative estimate of drug-likeness (QED) is 0.523. The van der Waals surface area contributed by atoms with Gasteiger partial charge in [0.2, 0.25) is 5.95 Å². The van der Waals surface area contributed by atoms with E-state index in [-0.39, 0.29) is 0 Å². The maximum atomic E-state index is 5.42. The van der Waals surface area contributed by atoms with Crippen LogP contribution in [-0.2, 0) is 11.3 Å². The van der Waals surface area contributed by atoms with Crippen molar-refractivity contribution in [3.05, 3.63) is 42.2 Å². The standard InChI is InChI=1S/C19H25N7O/c1-2-5-15(6-3-1)13-20-7-4-8-21-17-16-18(23-14-22-16)25-19(24-17)26-9-11-27-12-10-26/h1-3,5-6,14,20H,4,7-13H2,(H2,21,22,23,24,25). The number of anilines is 2. The summed E-state index contributed by atoms with van der Waals surface area (Å²) in [5, 5.41) is 6.90. The first-order valence-electron chi connectivity index (χ1n) is 9.42. The first-order chi connectivity index (χ1) is 13.4. The zero-order valence-corrected chi connectivity index (χ0v) is 15.3. The van der Waals surface area contributed by atoms with Crippen molar-refractivity contribution in [2.45, 2.75) is 13.0 Å². The lowest BCUT2D eigenvalue weighted by Crippen LogP contribution is -2.37. The molecular formula is C19H25N7O. The molecule has 3 N–H and O–H groups in total. The van der Waals surface area contributed by atoms with Crippen LogP contribution >= 0.6 is 0 Å². The summed E-state index contributed by atoms with van der Waals surface area (Å²) in [5.41, 5.74) is 2.84. The van der Waals surface area contributed by atoms with E-state index in [0.29, 0.717) is 24.8 Å². The Labute approximate surface area is 158 Å². The summed E-state index contributed by atoms with van der Waals surface area (Å²) in [4.78, 5) is 18.9. The average Bonchev–Trinajstić information content (AvgIpc) is 3.21. The highest BCUT2D eigenvalue weighted by Crippen LogP contribution is 2.21. The van der Waals surface area contributed by atoms with Crippen LogP contribution in [0, 0.1) is 0 Å². The van der Waals surface area contributed by atoms with Crippen LogP contribution in [0.15, 0.2) is 36.7 Å². The van der Waals surface area contributed by atoms with Crippen LogP contribution in [-0.4, -0.2) is 59.3 Å². The fraction of sp³-hybridized carbons (Fsp3) is 0.421. The number of morpholine rings is 1. The lowest BCUT2D eigenvalue weighted by molar-refractivity contribution is 0.122. The normalized spacial score (nSPS) is 14.6. The Morgan fingerprint density at radius 3 is 2.78 bits per heavy atom. The summed E-state index contributed by atoms with van der Waals surface area (Å²) >= 11 is 0. The van der Waals surface area contributed by atoms with Crippen molar-refractivity contribution in [2.24, 2.45) is 0 Å². The topological polar surface area (TPSA) is 91.0 Å². The van der Waals surface area contributed by atoms with Gasteiger partial charge in [-0.1, -0.05) is 30.3 Å². The van der Waals surface area contributed by atoms with E-state index in [1.807, 2.05) is 6.07 Å². The third kappa shape index (κ3) is 4.53. The number of aromatic nitrogens is 4. The molecule has 8 heteroatoms. The molecule has 3 aromatic rings. The van der Waals surface area contributed by atoms with E-state index in [2.05, 4.69) is 54.8 Å². The van der Waals surface area contributed by atoms with Crippen molar-refractivity contribution < 1.29 is 4.74 Å². The third-order valence-corrected chi connectivity index (χ3v) is 4.56. The third-order valence-electron chi connectivity index (χ3n) is 4.56. The summed E-state index contributed by atoms with van der Waals surface area (Å²) in [6, 6.07) is 10.4. The predicted octanol–water partition coefficient (Wildman–Crippen LogP) is 1.78. The molecule has 0 aliphatic carbocycles. The van der Waals surface area contributed by atoms with Gasteiger partial charge in [-0.05, 0) is 18.5 Å². The van der Waals surface area contributed by atoms with Crippen LogP contribution in [0.3, 0.4) is 0 Å². The van der Waals surface area contributed by atoms with E-state index in [9.17, 15) is 0 Å². The largest absolute Gasteiger partial charge is 0.378 e. The Kier molecular flexibility index (Phi) is 5.76. The van der Waals surface area contributed by atoms with Gasteiger partial charge in [-0.25, -0.2) is 4.98 Å². The molecule has 0 saturated carbocycles. The van der Waals surface area contributed by atoms with E-state index < -0.39 is 0 Å². The molecule has 142 valence electrons. The van der Waals surface area contributed by atoms with Crippen molar-refractivity contribution in [3.8, 4) is 0 Å². The Morgan fingerprint density at radius 1 is 1.07 bits per heavy atom. The minimum absolute atomic E-state index is 0.691. The molecule has 4 rings (SSSR count). The smallest absolute Gasteiger partial charge is 0.229 e. The number of hydrogen-bond donors (Lipinski definition) is 3. The Hall–Kier alpha value is -2.71. The number of imidazole rings is 1. The number of nitrogens with zero attached hydrogens (tertiary/aromatic N) is 4. The molecule has 0 radical (unpaired) electrons. The fourth-order valence-corrected chi connectivity index (χ4v) is 3.10. The van der Waals surface area contributed by atoms with Gasteiger partial charge in [-0.2, -0.15) is 9.97 Å². The fourth-order valence-electron chi connectivity index (χ4n) is 3.10. The van der Waals surface area contributed by atoms with Crippen LogP contribution in [0.5, 0.6) is 0 Å². The minimum Gasteiger partial charge on any atom is -0.378 e. The van der Waals surface area contributed by atoms with Crippen LogP contribution in [0.4, 0.5) is 11.8 Å². The first-order valence-corrected chi connectivity index (χ1v) is 9.42. The highest BCUT2D eigenvalue weighted by molar-refractivity contribution is 5.83. The summed E-state index contributed by atoms with van der Waals surface area (Å²) in [6.45, 7) is 5.68. The van der Waals surface area contributed by atoms with Gasteiger partial charge in [0.15, 0.2) is 11.5 Å². The van der Waals surface area contributed by atoms with Gasteiger partial charge in [0.05, 0.1) is 19.5 Å². The van der Waals surface area contributed by atoms with Gasteiger partial charge in [0.25, 0.3) is 0 Å². The SMILES string of the molecule is c1ccc(CNCCCNc2nc(N3CCOCC3)nc3nc[nH]c23)cc1. The zero-order chi connectivity index (χ0) is 18.3. The maximum absolute atomic E-state index is 5.42. The molecule has 1 aliphatic rings. The molecule has 1 fully saturated rings. The average molecular weight is 367 g/mol. The number of fused-ring (bicyclic) bond motifs is 1. The van der Waals surface area contributed by atoms with Crippen LogP contribution < -0.4 is 15.5 Å². The molecule has 1 saturated heterocycles. The summed E-state index contributed by atoms with van der Waals surface area (Å²) in [7, 11) is 0. The first kappa shape index (κ1) is 17.7. The maximum Gasteiger partial charge on any atom is 0.229 e. The van der Waals surface area contributed by atoms with E-state index in [1.54, 1.807) is 6.33 Å². The van der Waals surface area contributed by atoms with E-state index in [1.165, 1.54) is 5.56 Å². The number of aromatic amines is 1. The van der Waals surface area contributed by atoms with Crippen molar-refractivity contribution >= 4 is 22.9 Å². The van der Waals surface area contributed by atoms with Gasteiger partial charge in [-0.15, -0.1) is 0 Å². The molecule has 0 spiro atoms. The van der Waals surface area contributed by atoms with Crippen molar-refractivity contribution in [1.82, 2.24) is 25.3 Å². The molecule has 1 aromatic carbocycles. The Morgan fingerprint density at radius 2 is 1.93 bits per heavy atom. The van der Waals surface area contributed by atoms with Gasteiger partial charge >= 0.3 is 0 Å². The van der Waals surface area contributed by atoms with Crippen molar-refractivity contribution in [1.29, 1.82) is 0 Å². The minimum atomic E-state index is 0.691. The molecule has 27 heavy (non-hydrogen) atoms. The molecule has 0 unspecified atom stereocenters. The number of ether oxygens (including phenoxy) is 1. The molecule has 0 amide bonds. The zero-order valence-electron chi connectivity index (χ0n) is 15.3. The van der Waals surface area contributed by atoms with Gasteiger partial charge < -0.3 is 25.3 Å². The van der Waals surface area contributed by atoms with Gasteiger partial charge in [-0.3, -0.25) is 0 Å². The highest BCUT2D eigenvalue weighted by atomic mass is 16.5. The Bertz CT molecular complexity index is 846. The molecule has 3 heterocycles. The number of nitrogens with one attached hydrogen (secondary N) is 3. The summed E-state index contributed by atoms with van der Waals surface area (Å²) in [6.07, 6.45) is 2.66. The molecule has 1 aliphatic heterocycles. The molecule has 8 nitrogen and oxygen atoms in total. The second kappa shape index (κ2) is 8.79. The van der Waals surface area contributed by atoms with Gasteiger partial charge in [0.1, 0.15) is 5.52 Å². The predicted molar refractivity (Wildman–Crippen MR) is 106 cm³/mol. The number of H-pyrrole nitrogens is 1. The lowest BCUT2D eigenvalue weighted by Gasteiger charge is -2.27. The molecule has 0 bridgehead atoms. The van der Waals surface area contributed by atoms with Gasteiger partial charge in [0, 0.05) is 26.2 Å². The van der Waals surface area contributed by atoms with E-state index in [0.717, 1.165) is 50.5 Å². The number of benzene rings is 1.